The van der Waals surface area contributed by atoms with Gasteiger partial charge >= 0.3 is 0 Å². The second-order valence-electron chi connectivity index (χ2n) is 3.71. The Morgan fingerprint density at radius 2 is 1.94 bits per heavy atom. The highest BCUT2D eigenvalue weighted by molar-refractivity contribution is 9.11. The molecule has 0 spiro atoms. The van der Waals surface area contributed by atoms with Crippen LogP contribution in [-0.4, -0.2) is 0 Å². The first-order valence-corrected chi connectivity index (χ1v) is 7.73. The second-order valence-corrected chi connectivity index (χ2v) is 7.66. The fraction of sp³-hybridized carbons (Fsp3) is 0.167. The molecule has 0 amide bonds. The van der Waals surface area contributed by atoms with E-state index in [4.69, 9.17) is 17.3 Å². The molecule has 0 saturated carbocycles. The largest absolute Gasteiger partial charge is 0.320 e. The summed E-state index contributed by atoms with van der Waals surface area (Å²) in [5.74, 6) is 0. The minimum absolute atomic E-state index is 0.192. The molecule has 2 N–H and O–H groups in total. The normalized spacial score (nSPS) is 12.8. The number of hydrogen-bond acceptors (Lipinski definition) is 2. The van der Waals surface area contributed by atoms with Gasteiger partial charge in [-0.05, 0) is 58.2 Å². The molecular weight excluding hydrogens is 385 g/mol. The lowest BCUT2D eigenvalue weighted by Crippen LogP contribution is -2.12. The van der Waals surface area contributed by atoms with Crippen molar-refractivity contribution in [2.24, 2.45) is 5.73 Å². The fourth-order valence-electron chi connectivity index (χ4n) is 1.69. The molecule has 0 fully saturated rings. The van der Waals surface area contributed by atoms with Gasteiger partial charge in [-0.15, -0.1) is 11.3 Å². The van der Waals surface area contributed by atoms with Crippen LogP contribution < -0.4 is 5.73 Å². The maximum atomic E-state index is 6.28. The van der Waals surface area contributed by atoms with Crippen molar-refractivity contribution in [2.75, 3.05) is 0 Å². The monoisotopic (exact) mass is 393 g/mol. The highest BCUT2D eigenvalue weighted by Crippen LogP contribution is 2.35. The summed E-state index contributed by atoms with van der Waals surface area (Å²) >= 11 is 14.8. The van der Waals surface area contributed by atoms with E-state index in [-0.39, 0.29) is 6.04 Å². The molecule has 0 radical (unpaired) electrons. The molecule has 1 heterocycles. The average molecular weight is 396 g/mol. The summed E-state index contributed by atoms with van der Waals surface area (Å²) < 4.78 is 2.07. The number of rotatable bonds is 2. The summed E-state index contributed by atoms with van der Waals surface area (Å²) in [5, 5.41) is 0.697. The van der Waals surface area contributed by atoms with E-state index in [1.807, 2.05) is 18.2 Å². The molecule has 1 nitrogen and oxygen atoms in total. The lowest BCUT2D eigenvalue weighted by Gasteiger charge is -2.14. The number of thiophene rings is 1. The lowest BCUT2D eigenvalue weighted by molar-refractivity contribution is 0.868. The third-order valence-electron chi connectivity index (χ3n) is 2.55. The van der Waals surface area contributed by atoms with Gasteiger partial charge in [0.25, 0.3) is 0 Å². The molecule has 1 aromatic heterocycles. The van der Waals surface area contributed by atoms with Gasteiger partial charge in [-0.2, -0.15) is 0 Å². The predicted molar refractivity (Wildman–Crippen MR) is 81.9 cm³/mol. The molecule has 0 aliphatic carbocycles. The molecule has 0 saturated heterocycles. The molecule has 0 bridgehead atoms. The van der Waals surface area contributed by atoms with Crippen LogP contribution in [0, 0.1) is 6.92 Å². The zero-order valence-electron chi connectivity index (χ0n) is 9.01. The van der Waals surface area contributed by atoms with Gasteiger partial charge in [-0.3, -0.25) is 0 Å². The summed E-state index contributed by atoms with van der Waals surface area (Å²) in [4.78, 5) is 1.21. The number of nitrogens with two attached hydrogens (primary N) is 1. The third-order valence-corrected chi connectivity index (χ3v) is 4.96. The minimum Gasteiger partial charge on any atom is -0.320 e. The van der Waals surface area contributed by atoms with Crippen LogP contribution in [0.2, 0.25) is 5.02 Å². The number of benzene rings is 1. The molecule has 0 aliphatic heterocycles. The molecule has 1 aromatic carbocycles. The Bertz CT molecular complexity index is 553. The van der Waals surface area contributed by atoms with Gasteiger partial charge in [0.15, 0.2) is 0 Å². The maximum Gasteiger partial charge on any atom is 0.0704 e. The van der Waals surface area contributed by atoms with Crippen LogP contribution in [0.5, 0.6) is 0 Å². The first kappa shape index (κ1) is 13.6. The van der Waals surface area contributed by atoms with Crippen molar-refractivity contribution in [3.63, 3.8) is 0 Å². The molecule has 0 aliphatic rings. The smallest absolute Gasteiger partial charge is 0.0704 e. The SMILES string of the molecule is Cc1sc(Br)cc1C(N)c1cc(Br)ccc1Cl. The van der Waals surface area contributed by atoms with E-state index in [2.05, 4.69) is 44.8 Å². The van der Waals surface area contributed by atoms with Gasteiger partial charge in [0.2, 0.25) is 0 Å². The molecule has 2 aromatic rings. The summed E-state index contributed by atoms with van der Waals surface area (Å²) in [5.41, 5.74) is 8.33. The van der Waals surface area contributed by atoms with Crippen LogP contribution in [0.1, 0.15) is 22.0 Å². The van der Waals surface area contributed by atoms with Crippen molar-refractivity contribution in [1.29, 1.82) is 0 Å². The van der Waals surface area contributed by atoms with Crippen LogP contribution in [-0.2, 0) is 0 Å². The van der Waals surface area contributed by atoms with Gasteiger partial charge in [0.1, 0.15) is 0 Å². The van der Waals surface area contributed by atoms with Gasteiger partial charge in [0, 0.05) is 14.4 Å². The van der Waals surface area contributed by atoms with Crippen LogP contribution in [0.15, 0.2) is 32.5 Å². The van der Waals surface area contributed by atoms with E-state index in [1.54, 1.807) is 11.3 Å². The Kier molecular flexibility index (Phi) is 4.31. The Morgan fingerprint density at radius 3 is 2.53 bits per heavy atom. The lowest BCUT2D eigenvalue weighted by atomic mass is 10.0. The van der Waals surface area contributed by atoms with E-state index in [0.717, 1.165) is 19.4 Å². The van der Waals surface area contributed by atoms with Gasteiger partial charge in [0.05, 0.1) is 9.83 Å². The maximum absolute atomic E-state index is 6.28. The Hall–Kier alpha value is 0.130. The van der Waals surface area contributed by atoms with Crippen LogP contribution in [0.25, 0.3) is 0 Å². The standard InChI is InChI=1S/C12H10Br2ClNS/c1-6-8(5-11(14)17-6)12(16)9-4-7(13)2-3-10(9)15/h2-5,12H,16H2,1H3. The quantitative estimate of drug-likeness (QED) is 0.735. The predicted octanol–water partition coefficient (Wildman–Crippen LogP) is 5.28. The summed E-state index contributed by atoms with van der Waals surface area (Å²) in [6.45, 7) is 2.07. The molecule has 5 heteroatoms. The van der Waals surface area contributed by atoms with Crippen molar-refractivity contribution in [3.8, 4) is 0 Å². The summed E-state index contributed by atoms with van der Waals surface area (Å²) in [6, 6.07) is 7.61. The second kappa shape index (κ2) is 5.41. The summed E-state index contributed by atoms with van der Waals surface area (Å²) in [7, 11) is 0. The Balaban J connectivity index is 2.46. The first-order chi connectivity index (χ1) is 7.99. The Labute approximate surface area is 126 Å². The van der Waals surface area contributed by atoms with E-state index in [9.17, 15) is 0 Å². The molecule has 2 rings (SSSR count). The van der Waals surface area contributed by atoms with Crippen molar-refractivity contribution in [2.45, 2.75) is 13.0 Å². The van der Waals surface area contributed by atoms with E-state index in [0.29, 0.717) is 5.02 Å². The highest BCUT2D eigenvalue weighted by atomic mass is 79.9. The van der Waals surface area contributed by atoms with Crippen LogP contribution in [0.3, 0.4) is 0 Å². The minimum atomic E-state index is -0.192. The number of halogens is 3. The number of hydrogen-bond donors (Lipinski definition) is 1. The first-order valence-electron chi connectivity index (χ1n) is 4.95. The number of aryl methyl sites for hydroxylation is 1. The van der Waals surface area contributed by atoms with E-state index < -0.39 is 0 Å². The zero-order valence-corrected chi connectivity index (χ0v) is 13.8. The average Bonchev–Trinajstić information content (AvgIpc) is 2.60. The molecule has 17 heavy (non-hydrogen) atoms. The fourth-order valence-corrected chi connectivity index (χ4v) is 4.06. The third kappa shape index (κ3) is 2.93. The topological polar surface area (TPSA) is 26.0 Å². The van der Waals surface area contributed by atoms with Crippen LogP contribution >= 0.6 is 54.8 Å². The van der Waals surface area contributed by atoms with Crippen molar-refractivity contribution in [3.05, 3.63) is 53.6 Å². The highest BCUT2D eigenvalue weighted by Gasteiger charge is 2.17. The van der Waals surface area contributed by atoms with Crippen molar-refractivity contribution in [1.82, 2.24) is 0 Å². The Morgan fingerprint density at radius 1 is 1.24 bits per heavy atom. The van der Waals surface area contributed by atoms with Gasteiger partial charge in [-0.25, -0.2) is 0 Å². The zero-order chi connectivity index (χ0) is 12.6. The van der Waals surface area contributed by atoms with E-state index in [1.165, 1.54) is 4.88 Å². The van der Waals surface area contributed by atoms with E-state index >= 15 is 0 Å². The molecule has 1 unspecified atom stereocenters. The van der Waals surface area contributed by atoms with Crippen molar-refractivity contribution >= 4 is 54.8 Å². The molecule has 90 valence electrons. The molecular formula is C12H10Br2ClNS. The van der Waals surface area contributed by atoms with Crippen molar-refractivity contribution < 1.29 is 0 Å². The van der Waals surface area contributed by atoms with Crippen LogP contribution in [0.4, 0.5) is 0 Å². The van der Waals surface area contributed by atoms with Gasteiger partial charge < -0.3 is 5.73 Å². The molecule has 1 atom stereocenters. The van der Waals surface area contributed by atoms with Gasteiger partial charge in [-0.1, -0.05) is 27.5 Å². The summed E-state index contributed by atoms with van der Waals surface area (Å²) in [6.07, 6.45) is 0.